The molecule has 2 aromatic rings. The molecule has 2 nitrogen and oxygen atoms in total. The maximum atomic E-state index is 13.7. The zero-order valence-electron chi connectivity index (χ0n) is 12.4. The highest BCUT2D eigenvalue weighted by Crippen LogP contribution is 2.15. The summed E-state index contributed by atoms with van der Waals surface area (Å²) in [6.07, 6.45) is 0. The third-order valence-corrected chi connectivity index (χ3v) is 3.47. The van der Waals surface area contributed by atoms with Gasteiger partial charge in [-0.05, 0) is 29.2 Å². The summed E-state index contributed by atoms with van der Waals surface area (Å²) in [6.45, 7) is 5.48. The van der Waals surface area contributed by atoms with Gasteiger partial charge >= 0.3 is 0 Å². The van der Waals surface area contributed by atoms with E-state index in [4.69, 9.17) is 5.26 Å². The highest BCUT2D eigenvalue weighted by molar-refractivity contribution is 5.33. The molecule has 108 valence electrons. The summed E-state index contributed by atoms with van der Waals surface area (Å²) in [6, 6.07) is 14.9. The summed E-state index contributed by atoms with van der Waals surface area (Å²) in [4.78, 5) is 0. The SMILES string of the molecule is CC(C)c1ccc(CNCc2ccc(C#N)cc2F)cc1. The van der Waals surface area contributed by atoms with Gasteiger partial charge in [-0.15, -0.1) is 0 Å². The molecule has 0 bridgehead atoms. The van der Waals surface area contributed by atoms with Crippen LogP contribution in [0.5, 0.6) is 0 Å². The molecule has 1 N–H and O–H groups in total. The standard InChI is InChI=1S/C18H19FN2/c1-13(2)16-6-3-14(4-7-16)11-21-12-17-8-5-15(10-20)9-18(17)19/h3-9,13,21H,11-12H2,1-2H3. The molecule has 0 unspecified atom stereocenters. The van der Waals surface area contributed by atoms with Crippen molar-refractivity contribution >= 4 is 0 Å². The molecule has 0 saturated carbocycles. The van der Waals surface area contributed by atoms with Crippen molar-refractivity contribution in [2.24, 2.45) is 0 Å². The number of hydrogen-bond acceptors (Lipinski definition) is 2. The van der Waals surface area contributed by atoms with E-state index in [-0.39, 0.29) is 5.82 Å². The molecule has 0 aromatic heterocycles. The third kappa shape index (κ3) is 4.14. The molecule has 0 radical (unpaired) electrons. The molecule has 0 aliphatic rings. The maximum Gasteiger partial charge on any atom is 0.129 e. The molecule has 0 aliphatic heterocycles. The number of nitrogens with zero attached hydrogens (tertiary/aromatic N) is 1. The van der Waals surface area contributed by atoms with Crippen LogP contribution in [0.25, 0.3) is 0 Å². The van der Waals surface area contributed by atoms with Gasteiger partial charge in [-0.25, -0.2) is 4.39 Å². The highest BCUT2D eigenvalue weighted by Gasteiger charge is 2.03. The average molecular weight is 282 g/mol. The van der Waals surface area contributed by atoms with Crippen LogP contribution in [0, 0.1) is 17.1 Å². The predicted octanol–water partition coefficient (Wildman–Crippen LogP) is 4.11. The molecule has 2 rings (SSSR count). The second kappa shape index (κ2) is 7.01. The molecule has 0 aliphatic carbocycles. The Bertz CT molecular complexity index is 639. The van der Waals surface area contributed by atoms with Crippen LogP contribution in [-0.4, -0.2) is 0 Å². The van der Waals surface area contributed by atoms with Gasteiger partial charge in [0.2, 0.25) is 0 Å². The Morgan fingerprint density at radius 3 is 2.38 bits per heavy atom. The molecule has 0 atom stereocenters. The van der Waals surface area contributed by atoms with Crippen LogP contribution in [0.2, 0.25) is 0 Å². The van der Waals surface area contributed by atoms with E-state index in [1.807, 2.05) is 6.07 Å². The number of benzene rings is 2. The normalized spacial score (nSPS) is 10.6. The predicted molar refractivity (Wildman–Crippen MR) is 82.2 cm³/mol. The van der Waals surface area contributed by atoms with Gasteiger partial charge in [-0.2, -0.15) is 5.26 Å². The lowest BCUT2D eigenvalue weighted by Gasteiger charge is -2.09. The summed E-state index contributed by atoms with van der Waals surface area (Å²) < 4.78 is 13.7. The molecule has 3 heteroatoms. The van der Waals surface area contributed by atoms with E-state index in [0.717, 1.165) is 0 Å². The zero-order chi connectivity index (χ0) is 15.2. The van der Waals surface area contributed by atoms with Crippen LogP contribution < -0.4 is 5.32 Å². The Morgan fingerprint density at radius 2 is 1.81 bits per heavy atom. The van der Waals surface area contributed by atoms with E-state index in [1.165, 1.54) is 17.2 Å². The van der Waals surface area contributed by atoms with Crippen LogP contribution in [0.15, 0.2) is 42.5 Å². The number of rotatable bonds is 5. The Balaban J connectivity index is 1.91. The van der Waals surface area contributed by atoms with Crippen molar-refractivity contribution in [3.05, 3.63) is 70.5 Å². The van der Waals surface area contributed by atoms with Gasteiger partial charge in [-0.1, -0.05) is 44.2 Å². The number of halogens is 1. The van der Waals surface area contributed by atoms with E-state index in [1.54, 1.807) is 12.1 Å². The van der Waals surface area contributed by atoms with Gasteiger partial charge in [0.25, 0.3) is 0 Å². The van der Waals surface area contributed by atoms with Crippen molar-refractivity contribution < 1.29 is 4.39 Å². The van der Waals surface area contributed by atoms with Crippen molar-refractivity contribution in [2.45, 2.75) is 32.9 Å². The van der Waals surface area contributed by atoms with Crippen molar-refractivity contribution in [3.8, 4) is 6.07 Å². The molecule has 0 heterocycles. The third-order valence-electron chi connectivity index (χ3n) is 3.47. The van der Waals surface area contributed by atoms with E-state index in [2.05, 4.69) is 43.4 Å². The first kappa shape index (κ1) is 15.2. The lowest BCUT2D eigenvalue weighted by molar-refractivity contribution is 0.587. The summed E-state index contributed by atoms with van der Waals surface area (Å²) >= 11 is 0. The number of nitriles is 1. The van der Waals surface area contributed by atoms with Crippen LogP contribution in [-0.2, 0) is 13.1 Å². The second-order valence-electron chi connectivity index (χ2n) is 5.42. The minimum atomic E-state index is -0.336. The molecule has 21 heavy (non-hydrogen) atoms. The topological polar surface area (TPSA) is 35.8 Å². The molecule has 0 spiro atoms. The smallest absolute Gasteiger partial charge is 0.129 e. The molecule has 0 saturated heterocycles. The average Bonchev–Trinajstić information content (AvgIpc) is 2.49. The highest BCUT2D eigenvalue weighted by atomic mass is 19.1. The number of hydrogen-bond donors (Lipinski definition) is 1. The van der Waals surface area contributed by atoms with Crippen molar-refractivity contribution in [1.82, 2.24) is 5.32 Å². The zero-order valence-corrected chi connectivity index (χ0v) is 12.4. The monoisotopic (exact) mass is 282 g/mol. The molecule has 0 amide bonds. The summed E-state index contributed by atoms with van der Waals surface area (Å²) in [5, 5.41) is 11.9. The molecule has 0 fully saturated rings. The van der Waals surface area contributed by atoms with Crippen LogP contribution >= 0.6 is 0 Å². The van der Waals surface area contributed by atoms with Crippen LogP contribution in [0.1, 0.15) is 42.0 Å². The van der Waals surface area contributed by atoms with Gasteiger partial charge < -0.3 is 5.32 Å². The van der Waals surface area contributed by atoms with Crippen molar-refractivity contribution in [2.75, 3.05) is 0 Å². The first-order valence-electron chi connectivity index (χ1n) is 7.08. The fraction of sp³-hybridized carbons (Fsp3) is 0.278. The molecule has 2 aromatic carbocycles. The fourth-order valence-corrected chi connectivity index (χ4v) is 2.12. The van der Waals surface area contributed by atoms with Crippen molar-refractivity contribution in [3.63, 3.8) is 0 Å². The molecular formula is C18H19FN2. The van der Waals surface area contributed by atoms with E-state index in [0.29, 0.717) is 30.1 Å². The minimum absolute atomic E-state index is 0.336. The minimum Gasteiger partial charge on any atom is -0.309 e. The number of nitrogens with one attached hydrogen (secondary N) is 1. The Hall–Kier alpha value is -2.18. The Kier molecular flexibility index (Phi) is 5.08. The van der Waals surface area contributed by atoms with Crippen LogP contribution in [0.4, 0.5) is 4.39 Å². The first-order valence-corrected chi connectivity index (χ1v) is 7.08. The van der Waals surface area contributed by atoms with Gasteiger partial charge in [0.15, 0.2) is 0 Å². The van der Waals surface area contributed by atoms with Gasteiger partial charge in [-0.3, -0.25) is 0 Å². The summed E-state index contributed by atoms with van der Waals surface area (Å²) in [5.41, 5.74) is 3.42. The lowest BCUT2D eigenvalue weighted by atomic mass is 10.0. The lowest BCUT2D eigenvalue weighted by Crippen LogP contribution is -2.13. The second-order valence-corrected chi connectivity index (χ2v) is 5.42. The van der Waals surface area contributed by atoms with Gasteiger partial charge in [0, 0.05) is 18.7 Å². The first-order chi connectivity index (χ1) is 10.1. The van der Waals surface area contributed by atoms with E-state index < -0.39 is 0 Å². The van der Waals surface area contributed by atoms with Crippen molar-refractivity contribution in [1.29, 1.82) is 5.26 Å². The Labute approximate surface area is 125 Å². The van der Waals surface area contributed by atoms with E-state index >= 15 is 0 Å². The summed E-state index contributed by atoms with van der Waals surface area (Å²) in [5.74, 6) is 0.191. The summed E-state index contributed by atoms with van der Waals surface area (Å²) in [7, 11) is 0. The van der Waals surface area contributed by atoms with E-state index in [9.17, 15) is 4.39 Å². The fourth-order valence-electron chi connectivity index (χ4n) is 2.12. The van der Waals surface area contributed by atoms with Gasteiger partial charge in [0.1, 0.15) is 5.82 Å². The maximum absolute atomic E-state index is 13.7. The quantitative estimate of drug-likeness (QED) is 0.895. The largest absolute Gasteiger partial charge is 0.309 e. The molecular weight excluding hydrogens is 263 g/mol. The Morgan fingerprint density at radius 1 is 1.10 bits per heavy atom. The van der Waals surface area contributed by atoms with Crippen LogP contribution in [0.3, 0.4) is 0 Å². The van der Waals surface area contributed by atoms with Gasteiger partial charge in [0.05, 0.1) is 11.6 Å².